The lowest BCUT2D eigenvalue weighted by molar-refractivity contribution is 0.474. The van der Waals surface area contributed by atoms with Gasteiger partial charge in [-0.3, -0.25) is 0 Å². The van der Waals surface area contributed by atoms with Crippen molar-refractivity contribution in [1.29, 1.82) is 0 Å². The predicted octanol–water partition coefficient (Wildman–Crippen LogP) is 6.94. The molecule has 1 radical (unpaired) electrons. The quantitative estimate of drug-likeness (QED) is 0.294. The summed E-state index contributed by atoms with van der Waals surface area (Å²) in [5.41, 5.74) is 0. The van der Waals surface area contributed by atoms with Crippen LogP contribution < -0.4 is 0 Å². The SMILES string of the molecule is C[CH]CC(C)CCCCCCCCCCCCC. The lowest BCUT2D eigenvalue weighted by Gasteiger charge is -2.09. The van der Waals surface area contributed by atoms with Crippen molar-refractivity contribution < 1.29 is 0 Å². The van der Waals surface area contributed by atoms with E-state index < -0.39 is 0 Å². The minimum atomic E-state index is 0.911. The van der Waals surface area contributed by atoms with Crippen molar-refractivity contribution >= 4 is 0 Å². The average molecular weight is 253 g/mol. The molecule has 0 aromatic rings. The Morgan fingerprint density at radius 2 is 1.17 bits per heavy atom. The highest BCUT2D eigenvalue weighted by atomic mass is 14.1. The molecule has 0 fully saturated rings. The van der Waals surface area contributed by atoms with Crippen LogP contribution in [0.2, 0.25) is 0 Å². The predicted molar refractivity (Wildman–Crippen MR) is 84.8 cm³/mol. The zero-order chi connectivity index (χ0) is 13.5. The smallest absolute Gasteiger partial charge is 0.0414 e. The summed E-state index contributed by atoms with van der Waals surface area (Å²) in [6.45, 7) is 6.85. The van der Waals surface area contributed by atoms with Crippen molar-refractivity contribution in [2.24, 2.45) is 5.92 Å². The van der Waals surface area contributed by atoms with Gasteiger partial charge in [-0.2, -0.15) is 0 Å². The highest BCUT2D eigenvalue weighted by Gasteiger charge is 2.00. The minimum absolute atomic E-state index is 0.911. The lowest BCUT2D eigenvalue weighted by atomic mass is 9.98. The number of hydrogen-bond donors (Lipinski definition) is 0. The number of unbranched alkanes of at least 4 members (excludes halogenated alkanes) is 10. The summed E-state index contributed by atoms with van der Waals surface area (Å²) in [7, 11) is 0. The van der Waals surface area contributed by atoms with E-state index in [1.807, 2.05) is 0 Å². The second-order valence-electron chi connectivity index (χ2n) is 6.07. The van der Waals surface area contributed by atoms with Crippen LogP contribution in [0.1, 0.15) is 104 Å². The Balaban J connectivity index is 2.98. The van der Waals surface area contributed by atoms with Crippen LogP contribution in [0.5, 0.6) is 0 Å². The van der Waals surface area contributed by atoms with Crippen LogP contribution in [0.25, 0.3) is 0 Å². The van der Waals surface area contributed by atoms with Gasteiger partial charge >= 0.3 is 0 Å². The fourth-order valence-electron chi connectivity index (χ4n) is 2.68. The molecule has 1 unspecified atom stereocenters. The third kappa shape index (κ3) is 14.1. The monoisotopic (exact) mass is 253 g/mol. The molecule has 0 aliphatic rings. The Morgan fingerprint density at radius 3 is 1.61 bits per heavy atom. The maximum Gasteiger partial charge on any atom is -0.0414 e. The van der Waals surface area contributed by atoms with Crippen molar-refractivity contribution in [3.05, 3.63) is 6.42 Å². The molecule has 0 rings (SSSR count). The first-order valence-corrected chi connectivity index (χ1v) is 8.59. The van der Waals surface area contributed by atoms with Crippen LogP contribution in [0, 0.1) is 12.3 Å². The molecule has 0 aromatic heterocycles. The van der Waals surface area contributed by atoms with E-state index in [-0.39, 0.29) is 0 Å². The largest absolute Gasteiger partial charge is 0.0654 e. The third-order valence-corrected chi connectivity index (χ3v) is 3.94. The minimum Gasteiger partial charge on any atom is -0.0654 e. The molecule has 0 saturated carbocycles. The first-order chi connectivity index (χ1) is 8.81. The molecule has 0 heteroatoms. The van der Waals surface area contributed by atoms with E-state index in [0.29, 0.717) is 0 Å². The van der Waals surface area contributed by atoms with E-state index in [4.69, 9.17) is 0 Å². The summed E-state index contributed by atoms with van der Waals surface area (Å²) in [6, 6.07) is 0. The summed E-state index contributed by atoms with van der Waals surface area (Å²) in [5, 5.41) is 0. The van der Waals surface area contributed by atoms with Crippen LogP contribution in [0.4, 0.5) is 0 Å². The molecule has 109 valence electrons. The zero-order valence-electron chi connectivity index (χ0n) is 13.3. The molecule has 1 atom stereocenters. The summed E-state index contributed by atoms with van der Waals surface area (Å²) in [5.74, 6) is 0.911. The molecule has 0 amide bonds. The Bertz CT molecular complexity index is 139. The second-order valence-corrected chi connectivity index (χ2v) is 6.07. The molecule has 0 aliphatic carbocycles. The Morgan fingerprint density at radius 1 is 0.722 bits per heavy atom. The summed E-state index contributed by atoms with van der Waals surface area (Å²) >= 11 is 0. The Labute approximate surface area is 117 Å². The van der Waals surface area contributed by atoms with E-state index in [0.717, 1.165) is 5.92 Å². The van der Waals surface area contributed by atoms with Crippen molar-refractivity contribution in [1.82, 2.24) is 0 Å². The first-order valence-electron chi connectivity index (χ1n) is 8.59. The molecule has 0 aliphatic heterocycles. The number of hydrogen-bond acceptors (Lipinski definition) is 0. The van der Waals surface area contributed by atoms with Gasteiger partial charge in [0.05, 0.1) is 0 Å². The molecule has 18 heavy (non-hydrogen) atoms. The van der Waals surface area contributed by atoms with Gasteiger partial charge in [0.2, 0.25) is 0 Å². The normalized spacial score (nSPS) is 12.8. The van der Waals surface area contributed by atoms with E-state index >= 15 is 0 Å². The molecule has 0 bridgehead atoms. The molecular formula is C18H37. The van der Waals surface area contributed by atoms with Crippen LogP contribution in [-0.2, 0) is 0 Å². The van der Waals surface area contributed by atoms with Gasteiger partial charge < -0.3 is 0 Å². The third-order valence-electron chi connectivity index (χ3n) is 3.94. The van der Waals surface area contributed by atoms with Gasteiger partial charge in [0.1, 0.15) is 0 Å². The molecule has 0 spiro atoms. The van der Waals surface area contributed by atoms with Gasteiger partial charge in [-0.05, 0) is 18.8 Å². The maximum absolute atomic E-state index is 2.39. The molecule has 0 saturated heterocycles. The van der Waals surface area contributed by atoms with Gasteiger partial charge in [0.15, 0.2) is 0 Å². The van der Waals surface area contributed by atoms with Crippen molar-refractivity contribution in [3.8, 4) is 0 Å². The van der Waals surface area contributed by atoms with Crippen LogP contribution >= 0.6 is 0 Å². The highest BCUT2D eigenvalue weighted by molar-refractivity contribution is 4.62. The van der Waals surface area contributed by atoms with Crippen LogP contribution in [-0.4, -0.2) is 0 Å². The van der Waals surface area contributed by atoms with Crippen molar-refractivity contribution in [3.63, 3.8) is 0 Å². The summed E-state index contributed by atoms with van der Waals surface area (Å²) in [6.07, 6.45) is 21.1. The molecular weight excluding hydrogens is 216 g/mol. The Kier molecular flexibility index (Phi) is 15.1. The van der Waals surface area contributed by atoms with Gasteiger partial charge in [0, 0.05) is 0 Å². The Hall–Kier alpha value is 0. The summed E-state index contributed by atoms with van der Waals surface area (Å²) < 4.78 is 0. The molecule has 0 heterocycles. The van der Waals surface area contributed by atoms with Gasteiger partial charge in [-0.25, -0.2) is 0 Å². The van der Waals surface area contributed by atoms with E-state index in [1.165, 1.54) is 83.5 Å². The van der Waals surface area contributed by atoms with E-state index in [9.17, 15) is 0 Å². The van der Waals surface area contributed by atoms with E-state index in [2.05, 4.69) is 27.2 Å². The molecule has 0 aromatic carbocycles. The zero-order valence-corrected chi connectivity index (χ0v) is 13.3. The van der Waals surface area contributed by atoms with Gasteiger partial charge in [0.25, 0.3) is 0 Å². The van der Waals surface area contributed by atoms with Crippen molar-refractivity contribution in [2.45, 2.75) is 104 Å². The van der Waals surface area contributed by atoms with Crippen LogP contribution in [0.15, 0.2) is 0 Å². The molecule has 0 N–H and O–H groups in total. The number of rotatable bonds is 14. The lowest BCUT2D eigenvalue weighted by Crippen LogP contribution is -1.93. The summed E-state index contributed by atoms with van der Waals surface area (Å²) in [4.78, 5) is 0. The topological polar surface area (TPSA) is 0 Å². The highest BCUT2D eigenvalue weighted by Crippen LogP contribution is 2.16. The fourth-order valence-corrected chi connectivity index (χ4v) is 2.68. The second kappa shape index (κ2) is 15.1. The van der Waals surface area contributed by atoms with Crippen molar-refractivity contribution in [2.75, 3.05) is 0 Å². The molecule has 0 nitrogen and oxygen atoms in total. The fraction of sp³-hybridized carbons (Fsp3) is 0.944. The maximum atomic E-state index is 2.39. The van der Waals surface area contributed by atoms with E-state index in [1.54, 1.807) is 0 Å². The standard InChI is InChI=1S/C18H37/c1-4-6-7-8-9-10-11-12-13-14-15-17-18(3)16-5-2/h5,18H,4,6-17H2,1-3H3. The first kappa shape index (κ1) is 18.0. The van der Waals surface area contributed by atoms with Crippen LogP contribution in [0.3, 0.4) is 0 Å². The van der Waals surface area contributed by atoms with Gasteiger partial charge in [-0.1, -0.05) is 97.8 Å². The van der Waals surface area contributed by atoms with Gasteiger partial charge in [-0.15, -0.1) is 0 Å². The average Bonchev–Trinajstić information content (AvgIpc) is 2.36.